The van der Waals surface area contributed by atoms with E-state index in [2.05, 4.69) is 17.6 Å². The Morgan fingerprint density at radius 2 is 2.12 bits per heavy atom. The highest BCUT2D eigenvalue weighted by Crippen LogP contribution is 2.18. The van der Waals surface area contributed by atoms with E-state index in [9.17, 15) is 4.79 Å². The summed E-state index contributed by atoms with van der Waals surface area (Å²) in [5.74, 6) is 0.760. The normalized spacial score (nSPS) is 28.9. The van der Waals surface area contributed by atoms with Gasteiger partial charge in [0.15, 0.2) is 0 Å². The van der Waals surface area contributed by atoms with Gasteiger partial charge in [0, 0.05) is 19.3 Å². The van der Waals surface area contributed by atoms with Gasteiger partial charge in [-0.3, -0.25) is 4.79 Å². The first-order chi connectivity index (χ1) is 7.77. The molecule has 2 saturated heterocycles. The molecule has 2 aliphatic rings. The van der Waals surface area contributed by atoms with Crippen molar-refractivity contribution in [1.29, 1.82) is 0 Å². The zero-order valence-electron chi connectivity index (χ0n) is 10.00. The quantitative estimate of drug-likeness (QED) is 0.743. The monoisotopic (exact) mass is 226 g/mol. The van der Waals surface area contributed by atoms with Crippen LogP contribution in [0.1, 0.15) is 32.6 Å². The topological polar surface area (TPSA) is 50.4 Å². The molecule has 2 heterocycles. The maximum absolute atomic E-state index is 11.9. The lowest BCUT2D eigenvalue weighted by Gasteiger charge is -2.29. The summed E-state index contributed by atoms with van der Waals surface area (Å²) >= 11 is 0. The van der Waals surface area contributed by atoms with E-state index in [1.54, 1.807) is 0 Å². The number of hydrogen-bond donors (Lipinski definition) is 2. The fourth-order valence-corrected chi connectivity index (χ4v) is 2.57. The van der Waals surface area contributed by atoms with Crippen LogP contribution in [0.15, 0.2) is 0 Å². The molecule has 4 heteroatoms. The highest BCUT2D eigenvalue weighted by Gasteiger charge is 2.26. The van der Waals surface area contributed by atoms with Gasteiger partial charge >= 0.3 is 0 Å². The van der Waals surface area contributed by atoms with Gasteiger partial charge in [-0.05, 0) is 45.1 Å². The molecule has 2 fully saturated rings. The minimum atomic E-state index is 0.0438. The van der Waals surface area contributed by atoms with Gasteiger partial charge < -0.3 is 15.4 Å². The van der Waals surface area contributed by atoms with Crippen LogP contribution in [-0.2, 0) is 9.53 Å². The third-order valence-corrected chi connectivity index (χ3v) is 3.72. The molecule has 1 amide bonds. The molecule has 4 nitrogen and oxygen atoms in total. The Kier molecular flexibility index (Phi) is 4.18. The first-order valence-electron chi connectivity index (χ1n) is 6.39. The van der Waals surface area contributed by atoms with Crippen LogP contribution < -0.4 is 10.6 Å². The molecule has 2 aliphatic heterocycles. The minimum absolute atomic E-state index is 0.0438. The zero-order valence-corrected chi connectivity index (χ0v) is 10.00. The molecular formula is C12H22N2O2. The lowest BCUT2D eigenvalue weighted by Crippen LogP contribution is -2.47. The third kappa shape index (κ3) is 2.95. The van der Waals surface area contributed by atoms with Crippen LogP contribution in [0, 0.1) is 5.92 Å². The Balaban J connectivity index is 1.76. The average Bonchev–Trinajstić information content (AvgIpc) is 2.83. The third-order valence-electron chi connectivity index (χ3n) is 3.72. The summed E-state index contributed by atoms with van der Waals surface area (Å²) in [6, 6.07) is 0.320. The molecule has 0 aromatic carbocycles. The van der Waals surface area contributed by atoms with Gasteiger partial charge in [0.25, 0.3) is 0 Å². The summed E-state index contributed by atoms with van der Waals surface area (Å²) in [4.78, 5) is 11.9. The molecule has 0 aliphatic carbocycles. The van der Waals surface area contributed by atoms with Crippen LogP contribution >= 0.6 is 0 Å². The minimum Gasteiger partial charge on any atom is -0.381 e. The predicted molar refractivity (Wildman–Crippen MR) is 62.2 cm³/mol. The van der Waals surface area contributed by atoms with Crippen LogP contribution in [0.3, 0.4) is 0 Å². The number of carbonyl (C=O) groups is 1. The van der Waals surface area contributed by atoms with E-state index in [0.29, 0.717) is 5.92 Å². The van der Waals surface area contributed by atoms with Crippen LogP contribution in [0.4, 0.5) is 0 Å². The summed E-state index contributed by atoms with van der Waals surface area (Å²) in [7, 11) is 0. The van der Waals surface area contributed by atoms with E-state index in [0.717, 1.165) is 45.4 Å². The maximum Gasteiger partial charge on any atom is 0.237 e. The highest BCUT2D eigenvalue weighted by atomic mass is 16.5. The predicted octanol–water partition coefficient (Wildman–Crippen LogP) is 0.670. The van der Waals surface area contributed by atoms with Crippen molar-refractivity contribution in [2.45, 2.75) is 44.7 Å². The molecule has 2 unspecified atom stereocenters. The molecule has 0 saturated carbocycles. The lowest BCUT2D eigenvalue weighted by molar-refractivity contribution is -0.124. The van der Waals surface area contributed by atoms with E-state index in [1.165, 1.54) is 0 Å². The smallest absolute Gasteiger partial charge is 0.237 e. The second-order valence-corrected chi connectivity index (χ2v) is 4.90. The lowest BCUT2D eigenvalue weighted by atomic mass is 9.93. The molecule has 0 aromatic heterocycles. The summed E-state index contributed by atoms with van der Waals surface area (Å²) in [5.41, 5.74) is 0. The van der Waals surface area contributed by atoms with Crippen LogP contribution in [0.25, 0.3) is 0 Å². The molecule has 92 valence electrons. The van der Waals surface area contributed by atoms with Gasteiger partial charge in [-0.25, -0.2) is 0 Å². The average molecular weight is 226 g/mol. The van der Waals surface area contributed by atoms with Crippen molar-refractivity contribution in [3.63, 3.8) is 0 Å². The number of rotatable bonds is 3. The number of nitrogens with one attached hydrogen (secondary N) is 2. The number of amides is 1. The summed E-state index contributed by atoms with van der Waals surface area (Å²) in [6.45, 7) is 4.77. The molecular weight excluding hydrogens is 204 g/mol. The van der Waals surface area contributed by atoms with E-state index in [-0.39, 0.29) is 18.0 Å². The number of carbonyl (C=O) groups excluding carboxylic acids is 1. The van der Waals surface area contributed by atoms with E-state index in [4.69, 9.17) is 4.74 Å². The summed E-state index contributed by atoms with van der Waals surface area (Å²) in [5, 5.41) is 6.36. The van der Waals surface area contributed by atoms with Crippen LogP contribution in [-0.4, -0.2) is 37.7 Å². The van der Waals surface area contributed by atoms with E-state index >= 15 is 0 Å². The van der Waals surface area contributed by atoms with Crippen LogP contribution in [0.2, 0.25) is 0 Å². The van der Waals surface area contributed by atoms with Gasteiger partial charge in [0.05, 0.1) is 6.04 Å². The second kappa shape index (κ2) is 5.64. The Bertz CT molecular complexity index is 233. The largest absolute Gasteiger partial charge is 0.381 e. The molecule has 2 atom stereocenters. The van der Waals surface area contributed by atoms with Gasteiger partial charge in [-0.1, -0.05) is 0 Å². The molecule has 0 aromatic rings. The number of hydrogen-bond acceptors (Lipinski definition) is 3. The van der Waals surface area contributed by atoms with Crippen molar-refractivity contribution in [1.82, 2.24) is 10.6 Å². The Morgan fingerprint density at radius 1 is 1.38 bits per heavy atom. The van der Waals surface area contributed by atoms with Crippen molar-refractivity contribution in [3.05, 3.63) is 0 Å². The van der Waals surface area contributed by atoms with Crippen LogP contribution in [0.5, 0.6) is 0 Å². The Labute approximate surface area is 97.1 Å². The zero-order chi connectivity index (χ0) is 11.4. The molecule has 2 rings (SSSR count). The highest BCUT2D eigenvalue weighted by molar-refractivity contribution is 5.82. The Morgan fingerprint density at radius 3 is 2.75 bits per heavy atom. The van der Waals surface area contributed by atoms with Crippen molar-refractivity contribution in [2.75, 3.05) is 19.8 Å². The molecule has 16 heavy (non-hydrogen) atoms. The summed E-state index contributed by atoms with van der Waals surface area (Å²) in [6.07, 6.45) is 4.23. The second-order valence-electron chi connectivity index (χ2n) is 4.90. The van der Waals surface area contributed by atoms with Crippen molar-refractivity contribution in [3.8, 4) is 0 Å². The van der Waals surface area contributed by atoms with Gasteiger partial charge in [-0.2, -0.15) is 0 Å². The molecule has 2 N–H and O–H groups in total. The van der Waals surface area contributed by atoms with Gasteiger partial charge in [0.1, 0.15) is 0 Å². The number of ether oxygens (including phenoxy) is 1. The van der Waals surface area contributed by atoms with Crippen molar-refractivity contribution < 1.29 is 9.53 Å². The fraction of sp³-hybridized carbons (Fsp3) is 0.917. The maximum atomic E-state index is 11.9. The molecule has 0 spiro atoms. The van der Waals surface area contributed by atoms with Crippen molar-refractivity contribution in [2.24, 2.45) is 5.92 Å². The fourth-order valence-electron chi connectivity index (χ4n) is 2.57. The molecule has 0 radical (unpaired) electrons. The first-order valence-corrected chi connectivity index (χ1v) is 6.39. The van der Waals surface area contributed by atoms with E-state index in [1.807, 2.05) is 0 Å². The summed E-state index contributed by atoms with van der Waals surface area (Å²) < 4.78 is 5.33. The standard InChI is InChI=1S/C12H22N2O2/c1-9(10-4-7-16-8-5-10)14-12(15)11-3-2-6-13-11/h9-11,13H,2-8H2,1H3,(H,14,15). The van der Waals surface area contributed by atoms with Gasteiger partial charge in [0.2, 0.25) is 5.91 Å². The SMILES string of the molecule is CC(NC(=O)C1CCCN1)C1CCOCC1. The molecule has 0 bridgehead atoms. The van der Waals surface area contributed by atoms with Gasteiger partial charge in [-0.15, -0.1) is 0 Å². The first kappa shape index (κ1) is 11.9. The van der Waals surface area contributed by atoms with Crippen molar-refractivity contribution >= 4 is 5.91 Å². The Hall–Kier alpha value is -0.610. The van der Waals surface area contributed by atoms with E-state index < -0.39 is 0 Å².